The van der Waals surface area contributed by atoms with Gasteiger partial charge in [-0.2, -0.15) is 0 Å². The largest absolute Gasteiger partial charge is 0.345 e. The lowest BCUT2D eigenvalue weighted by molar-refractivity contribution is 0.0950. The van der Waals surface area contributed by atoms with Gasteiger partial charge < -0.3 is 5.32 Å². The maximum absolute atomic E-state index is 11.7. The average molecular weight is 298 g/mol. The summed E-state index contributed by atoms with van der Waals surface area (Å²) in [4.78, 5) is 19.7. The SMILES string of the molecule is O=C(NCc1nccs1)c1ccc(Br)nc1. The summed E-state index contributed by atoms with van der Waals surface area (Å²) in [6.07, 6.45) is 3.24. The van der Waals surface area contributed by atoms with Gasteiger partial charge in [0.25, 0.3) is 5.91 Å². The number of nitrogens with zero attached hydrogens (tertiary/aromatic N) is 2. The Labute approximate surface area is 105 Å². The lowest BCUT2D eigenvalue weighted by atomic mass is 10.3. The number of hydrogen-bond acceptors (Lipinski definition) is 4. The fourth-order valence-corrected chi connectivity index (χ4v) is 1.90. The predicted octanol–water partition coefficient (Wildman–Crippen LogP) is 2.23. The second-order valence-electron chi connectivity index (χ2n) is 2.98. The molecule has 1 amide bonds. The fourth-order valence-electron chi connectivity index (χ4n) is 1.11. The van der Waals surface area contributed by atoms with E-state index < -0.39 is 0 Å². The van der Waals surface area contributed by atoms with Crippen LogP contribution in [-0.4, -0.2) is 15.9 Å². The summed E-state index contributed by atoms with van der Waals surface area (Å²) in [7, 11) is 0. The van der Waals surface area contributed by atoms with Crippen molar-refractivity contribution in [3.63, 3.8) is 0 Å². The van der Waals surface area contributed by atoms with Crippen molar-refractivity contribution >= 4 is 33.2 Å². The summed E-state index contributed by atoms with van der Waals surface area (Å²) in [5.41, 5.74) is 0.541. The number of halogens is 1. The first-order chi connectivity index (χ1) is 7.75. The molecule has 2 heterocycles. The minimum absolute atomic E-state index is 0.143. The van der Waals surface area contributed by atoms with Gasteiger partial charge in [-0.05, 0) is 28.1 Å². The van der Waals surface area contributed by atoms with Crippen molar-refractivity contribution < 1.29 is 4.79 Å². The van der Waals surface area contributed by atoms with Crippen LogP contribution in [0, 0.1) is 0 Å². The molecule has 0 aliphatic heterocycles. The van der Waals surface area contributed by atoms with E-state index in [0.29, 0.717) is 16.7 Å². The number of carbonyl (C=O) groups is 1. The topological polar surface area (TPSA) is 54.9 Å². The summed E-state index contributed by atoms with van der Waals surface area (Å²) in [6.45, 7) is 0.451. The van der Waals surface area contributed by atoms with Crippen molar-refractivity contribution in [1.29, 1.82) is 0 Å². The Morgan fingerprint density at radius 2 is 2.31 bits per heavy atom. The first-order valence-electron chi connectivity index (χ1n) is 4.54. The first kappa shape index (κ1) is 11.2. The number of thiazole rings is 1. The Hall–Kier alpha value is -1.27. The summed E-state index contributed by atoms with van der Waals surface area (Å²) < 4.78 is 0.712. The van der Waals surface area contributed by atoms with Crippen molar-refractivity contribution in [3.05, 3.63) is 45.1 Å². The second-order valence-corrected chi connectivity index (χ2v) is 4.77. The number of hydrogen-bond donors (Lipinski definition) is 1. The van der Waals surface area contributed by atoms with E-state index in [1.54, 1.807) is 18.3 Å². The van der Waals surface area contributed by atoms with Crippen LogP contribution in [0.15, 0.2) is 34.5 Å². The number of rotatable bonds is 3. The lowest BCUT2D eigenvalue weighted by Crippen LogP contribution is -2.22. The molecule has 1 N–H and O–H groups in total. The van der Waals surface area contributed by atoms with Crippen LogP contribution in [-0.2, 0) is 6.54 Å². The Balaban J connectivity index is 1.95. The third-order valence-electron chi connectivity index (χ3n) is 1.87. The standard InChI is InChI=1S/C10H8BrN3OS/c11-8-2-1-7(5-13-8)10(15)14-6-9-12-3-4-16-9/h1-5H,6H2,(H,14,15). The van der Waals surface area contributed by atoms with Gasteiger partial charge in [0.2, 0.25) is 0 Å². The molecule has 2 rings (SSSR count). The molecule has 6 heteroatoms. The molecule has 0 saturated carbocycles. The predicted molar refractivity (Wildman–Crippen MR) is 65.2 cm³/mol. The molecule has 16 heavy (non-hydrogen) atoms. The quantitative estimate of drug-likeness (QED) is 0.884. The van der Waals surface area contributed by atoms with E-state index in [1.807, 2.05) is 5.38 Å². The van der Waals surface area contributed by atoms with Gasteiger partial charge >= 0.3 is 0 Å². The lowest BCUT2D eigenvalue weighted by Gasteiger charge is -2.02. The molecule has 0 fully saturated rings. The Bertz CT molecular complexity index is 469. The van der Waals surface area contributed by atoms with Gasteiger partial charge in [-0.25, -0.2) is 9.97 Å². The van der Waals surface area contributed by atoms with Gasteiger partial charge in [0, 0.05) is 17.8 Å². The van der Waals surface area contributed by atoms with E-state index in [9.17, 15) is 4.79 Å². The number of carbonyl (C=O) groups excluding carboxylic acids is 1. The van der Waals surface area contributed by atoms with Crippen molar-refractivity contribution in [2.24, 2.45) is 0 Å². The minimum Gasteiger partial charge on any atom is -0.345 e. The normalized spacial score (nSPS) is 10.1. The Morgan fingerprint density at radius 3 is 2.94 bits per heavy atom. The van der Waals surface area contributed by atoms with Crippen LogP contribution in [0.25, 0.3) is 0 Å². The van der Waals surface area contributed by atoms with Crippen LogP contribution in [0.3, 0.4) is 0 Å². The van der Waals surface area contributed by atoms with Crippen molar-refractivity contribution in [2.45, 2.75) is 6.54 Å². The van der Waals surface area contributed by atoms with E-state index in [1.165, 1.54) is 17.5 Å². The van der Waals surface area contributed by atoms with E-state index in [-0.39, 0.29) is 5.91 Å². The maximum Gasteiger partial charge on any atom is 0.253 e. The fraction of sp³-hybridized carbons (Fsp3) is 0.100. The molecular formula is C10H8BrN3OS. The minimum atomic E-state index is -0.143. The molecule has 2 aromatic rings. The molecule has 0 unspecified atom stereocenters. The van der Waals surface area contributed by atoms with Crippen LogP contribution in [0.1, 0.15) is 15.4 Å². The van der Waals surface area contributed by atoms with E-state index in [0.717, 1.165) is 5.01 Å². The monoisotopic (exact) mass is 297 g/mol. The van der Waals surface area contributed by atoms with Crippen LogP contribution < -0.4 is 5.32 Å². The van der Waals surface area contributed by atoms with Gasteiger partial charge in [0.05, 0.1) is 12.1 Å². The zero-order valence-corrected chi connectivity index (χ0v) is 10.6. The molecule has 0 spiro atoms. The summed E-state index contributed by atoms with van der Waals surface area (Å²) in [6, 6.07) is 3.45. The molecule has 0 aliphatic carbocycles. The average Bonchev–Trinajstić information content (AvgIpc) is 2.80. The van der Waals surface area contributed by atoms with Gasteiger partial charge in [-0.3, -0.25) is 4.79 Å². The van der Waals surface area contributed by atoms with E-state index in [2.05, 4.69) is 31.2 Å². The molecule has 0 bridgehead atoms. The molecule has 0 aromatic carbocycles. The number of aromatic nitrogens is 2. The zero-order valence-electron chi connectivity index (χ0n) is 8.18. The van der Waals surface area contributed by atoms with Crippen molar-refractivity contribution in [3.8, 4) is 0 Å². The first-order valence-corrected chi connectivity index (χ1v) is 6.21. The summed E-state index contributed by atoms with van der Waals surface area (Å²) >= 11 is 4.73. The highest BCUT2D eigenvalue weighted by atomic mass is 79.9. The van der Waals surface area contributed by atoms with Gasteiger partial charge in [0.1, 0.15) is 9.61 Å². The van der Waals surface area contributed by atoms with Crippen molar-refractivity contribution in [1.82, 2.24) is 15.3 Å². The highest BCUT2D eigenvalue weighted by Gasteiger charge is 2.05. The van der Waals surface area contributed by atoms with E-state index in [4.69, 9.17) is 0 Å². The molecule has 0 radical (unpaired) electrons. The molecule has 0 saturated heterocycles. The third-order valence-corrected chi connectivity index (χ3v) is 3.12. The zero-order chi connectivity index (χ0) is 11.4. The number of nitrogens with one attached hydrogen (secondary N) is 1. The van der Waals surface area contributed by atoms with Crippen LogP contribution >= 0.6 is 27.3 Å². The summed E-state index contributed by atoms with van der Waals surface area (Å²) in [5, 5.41) is 5.54. The van der Waals surface area contributed by atoms with Gasteiger partial charge in [-0.15, -0.1) is 11.3 Å². The Kier molecular flexibility index (Phi) is 3.63. The molecule has 2 aromatic heterocycles. The highest BCUT2D eigenvalue weighted by Crippen LogP contribution is 2.07. The Morgan fingerprint density at radius 1 is 1.44 bits per heavy atom. The second kappa shape index (κ2) is 5.18. The van der Waals surface area contributed by atoms with Crippen LogP contribution in [0.4, 0.5) is 0 Å². The third kappa shape index (κ3) is 2.86. The van der Waals surface area contributed by atoms with Gasteiger partial charge in [0.15, 0.2) is 0 Å². The molecule has 82 valence electrons. The molecule has 0 aliphatic rings. The number of pyridine rings is 1. The number of amides is 1. The maximum atomic E-state index is 11.7. The molecular weight excluding hydrogens is 290 g/mol. The van der Waals surface area contributed by atoms with E-state index >= 15 is 0 Å². The van der Waals surface area contributed by atoms with Crippen LogP contribution in [0.2, 0.25) is 0 Å². The molecule has 4 nitrogen and oxygen atoms in total. The summed E-state index contributed by atoms with van der Waals surface area (Å²) in [5.74, 6) is -0.143. The smallest absolute Gasteiger partial charge is 0.253 e. The van der Waals surface area contributed by atoms with Crippen LogP contribution in [0.5, 0.6) is 0 Å². The van der Waals surface area contributed by atoms with Crippen molar-refractivity contribution in [2.75, 3.05) is 0 Å². The van der Waals surface area contributed by atoms with Gasteiger partial charge in [-0.1, -0.05) is 0 Å². The highest BCUT2D eigenvalue weighted by molar-refractivity contribution is 9.10. The molecule has 0 atom stereocenters.